The number of fused-ring (bicyclic) bond motifs is 2. The van der Waals surface area contributed by atoms with Crippen molar-refractivity contribution in [3.63, 3.8) is 0 Å². The van der Waals surface area contributed by atoms with E-state index >= 15 is 0 Å². The molecule has 1 aromatic heterocycles. The molecule has 0 saturated heterocycles. The minimum atomic E-state index is -0.232. The smallest absolute Gasteiger partial charge is 0.261 e. The number of ether oxygens (including phenoxy) is 1. The van der Waals surface area contributed by atoms with Crippen LogP contribution in [0.25, 0.3) is 21.7 Å². The summed E-state index contributed by atoms with van der Waals surface area (Å²) in [6, 6.07) is 19.1. The van der Waals surface area contributed by atoms with Crippen molar-refractivity contribution in [2.24, 2.45) is 7.05 Å². The molecule has 0 saturated carbocycles. The molecule has 0 aliphatic heterocycles. The maximum absolute atomic E-state index is 12.3. The van der Waals surface area contributed by atoms with Gasteiger partial charge in [-0.1, -0.05) is 36.4 Å². The van der Waals surface area contributed by atoms with Gasteiger partial charge in [0.15, 0.2) is 6.61 Å². The summed E-state index contributed by atoms with van der Waals surface area (Å²) in [4.78, 5) is 28.7. The van der Waals surface area contributed by atoms with Gasteiger partial charge in [0, 0.05) is 7.05 Å². The highest BCUT2D eigenvalue weighted by Crippen LogP contribution is 2.20. The zero-order valence-electron chi connectivity index (χ0n) is 16.3. The lowest BCUT2D eigenvalue weighted by atomic mass is 10.0. The zero-order chi connectivity index (χ0) is 20.4. The number of aromatic nitrogens is 2. The first-order chi connectivity index (χ1) is 14.0. The van der Waals surface area contributed by atoms with Crippen LogP contribution in [0.2, 0.25) is 0 Å². The van der Waals surface area contributed by atoms with Crippen molar-refractivity contribution in [1.29, 1.82) is 0 Å². The molecule has 146 valence electrons. The zero-order valence-corrected chi connectivity index (χ0v) is 16.3. The monoisotopic (exact) mass is 387 g/mol. The number of hydrogen-bond acceptors (Lipinski definition) is 4. The largest absolute Gasteiger partial charge is 0.484 e. The SMILES string of the molecule is C[C@@H](NC(=O)COc1ccc2ncn(C)c(=O)c2c1)c1ccc2ccccc2c1. The molecule has 0 fully saturated rings. The molecule has 0 spiro atoms. The van der Waals surface area contributed by atoms with Crippen LogP contribution in [0.4, 0.5) is 0 Å². The molecule has 0 radical (unpaired) electrons. The van der Waals surface area contributed by atoms with Crippen molar-refractivity contribution in [2.75, 3.05) is 6.61 Å². The topological polar surface area (TPSA) is 73.2 Å². The molecule has 0 aliphatic rings. The van der Waals surface area contributed by atoms with E-state index in [0.29, 0.717) is 16.7 Å². The Morgan fingerprint density at radius 1 is 1.10 bits per heavy atom. The number of amides is 1. The number of hydrogen-bond donors (Lipinski definition) is 1. The van der Waals surface area contributed by atoms with Crippen LogP contribution < -0.4 is 15.6 Å². The Balaban J connectivity index is 1.42. The summed E-state index contributed by atoms with van der Waals surface area (Å²) < 4.78 is 7.00. The third-order valence-corrected chi connectivity index (χ3v) is 4.91. The van der Waals surface area contributed by atoms with Gasteiger partial charge in [-0.05, 0) is 47.5 Å². The van der Waals surface area contributed by atoms with Crippen LogP contribution in [-0.4, -0.2) is 22.1 Å². The second-order valence-corrected chi connectivity index (χ2v) is 7.02. The van der Waals surface area contributed by atoms with E-state index < -0.39 is 0 Å². The average Bonchev–Trinajstić information content (AvgIpc) is 2.74. The molecular formula is C23H21N3O3. The minimum Gasteiger partial charge on any atom is -0.484 e. The van der Waals surface area contributed by atoms with Crippen LogP contribution >= 0.6 is 0 Å². The minimum absolute atomic E-state index is 0.135. The Hall–Kier alpha value is -3.67. The summed E-state index contributed by atoms with van der Waals surface area (Å²) in [7, 11) is 1.64. The fourth-order valence-electron chi connectivity index (χ4n) is 3.27. The maximum Gasteiger partial charge on any atom is 0.261 e. The quantitative estimate of drug-likeness (QED) is 0.570. The third-order valence-electron chi connectivity index (χ3n) is 4.91. The van der Waals surface area contributed by atoms with Gasteiger partial charge in [0.2, 0.25) is 0 Å². The van der Waals surface area contributed by atoms with E-state index in [-0.39, 0.29) is 24.1 Å². The van der Waals surface area contributed by atoms with Gasteiger partial charge in [0.25, 0.3) is 11.5 Å². The number of rotatable bonds is 5. The average molecular weight is 387 g/mol. The number of aryl methyl sites for hydroxylation is 1. The molecular weight excluding hydrogens is 366 g/mol. The lowest BCUT2D eigenvalue weighted by Gasteiger charge is -2.15. The highest BCUT2D eigenvalue weighted by molar-refractivity contribution is 5.84. The number of carbonyl (C=O) groups excluding carboxylic acids is 1. The second kappa shape index (κ2) is 7.75. The first kappa shape index (κ1) is 18.7. The van der Waals surface area contributed by atoms with E-state index in [4.69, 9.17) is 4.74 Å². The number of nitrogens with zero attached hydrogens (tertiary/aromatic N) is 2. The highest BCUT2D eigenvalue weighted by Gasteiger charge is 2.11. The Kier molecular flexibility index (Phi) is 4.99. The van der Waals surface area contributed by atoms with E-state index in [2.05, 4.69) is 28.5 Å². The molecule has 6 heteroatoms. The first-order valence-electron chi connectivity index (χ1n) is 9.37. The number of nitrogens with one attached hydrogen (secondary N) is 1. The van der Waals surface area contributed by atoms with Crippen LogP contribution in [0.1, 0.15) is 18.5 Å². The van der Waals surface area contributed by atoms with Crippen molar-refractivity contribution >= 4 is 27.6 Å². The molecule has 1 atom stereocenters. The summed E-state index contributed by atoms with van der Waals surface area (Å²) in [6.45, 7) is 1.80. The predicted molar refractivity (Wildman–Crippen MR) is 113 cm³/mol. The fraction of sp³-hybridized carbons (Fsp3) is 0.174. The molecule has 0 aliphatic carbocycles. The number of carbonyl (C=O) groups is 1. The Labute approximate surface area is 167 Å². The first-order valence-corrected chi connectivity index (χ1v) is 9.37. The van der Waals surface area contributed by atoms with Gasteiger partial charge in [0.05, 0.1) is 23.3 Å². The van der Waals surface area contributed by atoms with Crippen molar-refractivity contribution in [1.82, 2.24) is 14.9 Å². The lowest BCUT2D eigenvalue weighted by molar-refractivity contribution is -0.123. The molecule has 3 aromatic carbocycles. The van der Waals surface area contributed by atoms with E-state index in [9.17, 15) is 9.59 Å². The van der Waals surface area contributed by atoms with Gasteiger partial charge in [0.1, 0.15) is 5.75 Å². The van der Waals surface area contributed by atoms with Crippen LogP contribution in [0.15, 0.2) is 71.8 Å². The summed E-state index contributed by atoms with van der Waals surface area (Å²) in [5.41, 5.74) is 1.46. The van der Waals surface area contributed by atoms with Crippen LogP contribution in [0.5, 0.6) is 5.75 Å². The van der Waals surface area contributed by atoms with Crippen LogP contribution in [0, 0.1) is 0 Å². The molecule has 29 heavy (non-hydrogen) atoms. The summed E-state index contributed by atoms with van der Waals surface area (Å²) >= 11 is 0. The summed E-state index contributed by atoms with van der Waals surface area (Å²) in [5.74, 6) is 0.223. The van der Waals surface area contributed by atoms with Gasteiger partial charge in [-0.15, -0.1) is 0 Å². The third kappa shape index (κ3) is 3.96. The molecule has 4 aromatic rings. The van der Waals surface area contributed by atoms with Crippen molar-refractivity contribution in [2.45, 2.75) is 13.0 Å². The molecule has 4 rings (SSSR count). The highest BCUT2D eigenvalue weighted by atomic mass is 16.5. The Bertz CT molecular complexity index is 1260. The van der Waals surface area contributed by atoms with Gasteiger partial charge in [-0.25, -0.2) is 4.98 Å². The summed E-state index contributed by atoms with van der Waals surface area (Å²) in [6.07, 6.45) is 1.48. The van der Waals surface area contributed by atoms with Gasteiger partial charge < -0.3 is 14.6 Å². The van der Waals surface area contributed by atoms with Crippen molar-refractivity contribution < 1.29 is 9.53 Å². The Morgan fingerprint density at radius 2 is 1.90 bits per heavy atom. The fourth-order valence-corrected chi connectivity index (χ4v) is 3.27. The maximum atomic E-state index is 12.3. The number of benzene rings is 3. The molecule has 1 heterocycles. The van der Waals surface area contributed by atoms with Crippen molar-refractivity contribution in [3.05, 3.63) is 82.9 Å². The molecule has 0 unspecified atom stereocenters. The second-order valence-electron chi connectivity index (χ2n) is 7.02. The molecule has 0 bridgehead atoms. The molecule has 6 nitrogen and oxygen atoms in total. The van der Waals surface area contributed by atoms with E-state index in [1.807, 2.05) is 31.2 Å². The normalized spacial score (nSPS) is 12.1. The molecule has 1 amide bonds. The predicted octanol–water partition coefficient (Wildman–Crippen LogP) is 3.34. The van der Waals surface area contributed by atoms with Gasteiger partial charge >= 0.3 is 0 Å². The van der Waals surface area contributed by atoms with Gasteiger partial charge in [-0.2, -0.15) is 0 Å². The Morgan fingerprint density at radius 3 is 2.72 bits per heavy atom. The van der Waals surface area contributed by atoms with E-state index in [0.717, 1.165) is 16.3 Å². The molecule has 1 N–H and O–H groups in total. The van der Waals surface area contributed by atoms with Gasteiger partial charge in [-0.3, -0.25) is 9.59 Å². The van der Waals surface area contributed by atoms with E-state index in [1.165, 1.54) is 10.9 Å². The lowest BCUT2D eigenvalue weighted by Crippen LogP contribution is -2.31. The van der Waals surface area contributed by atoms with Crippen LogP contribution in [0.3, 0.4) is 0 Å². The van der Waals surface area contributed by atoms with Crippen LogP contribution in [-0.2, 0) is 11.8 Å². The standard InChI is InChI=1S/C23H21N3O3/c1-15(17-8-7-16-5-3-4-6-18(16)11-17)25-22(27)13-29-19-9-10-21-20(12-19)23(28)26(2)14-24-21/h3-12,14-15H,13H2,1-2H3,(H,25,27)/t15-/m1/s1. The van der Waals surface area contributed by atoms with Crippen molar-refractivity contribution in [3.8, 4) is 5.75 Å². The summed E-state index contributed by atoms with van der Waals surface area (Å²) in [5, 5.41) is 5.70. The van der Waals surface area contributed by atoms with E-state index in [1.54, 1.807) is 25.2 Å².